The Bertz CT molecular complexity index is 2450. The number of nitrogens with zero attached hydrogens (tertiary/aromatic N) is 10. The molecule has 0 saturated carbocycles. The monoisotopic (exact) mass is 554 g/mol. The lowest BCUT2D eigenvalue weighted by Gasteiger charge is -2.14. The summed E-state index contributed by atoms with van der Waals surface area (Å²) in [6.07, 6.45) is 0. The van der Waals surface area contributed by atoms with Crippen LogP contribution in [0.4, 0.5) is 5.69 Å². The van der Waals surface area contributed by atoms with Crippen LogP contribution in [0.25, 0.3) is 52.9 Å². The standard InChI is InChI=1S/C34H6N10/c1-41-18-6-8-20-19-7-5-17(9-21(19)30(22(20)10-18)27(15-39)42-2)29-33(28(16-40)43-3)31-25(13-37)23(11-35)24(12-36)26(14-38)32(31)34(29)44-4/h5-10H/b30-27-,33-28+. The van der Waals surface area contributed by atoms with Crippen LogP contribution in [-0.4, -0.2) is 0 Å². The van der Waals surface area contributed by atoms with E-state index in [0.29, 0.717) is 22.3 Å². The molecule has 10 heteroatoms. The van der Waals surface area contributed by atoms with Gasteiger partial charge in [-0.3, -0.25) is 0 Å². The molecule has 2 aliphatic rings. The molecule has 0 spiro atoms. The summed E-state index contributed by atoms with van der Waals surface area (Å²) in [4.78, 5) is 13.8. The van der Waals surface area contributed by atoms with Crippen LogP contribution >= 0.6 is 0 Å². The average Bonchev–Trinajstić information content (AvgIpc) is 3.57. The van der Waals surface area contributed by atoms with Gasteiger partial charge in [-0.2, -0.15) is 21.0 Å². The van der Waals surface area contributed by atoms with E-state index in [9.17, 15) is 31.6 Å². The molecule has 0 unspecified atom stereocenters. The Morgan fingerprint density at radius 2 is 1.07 bits per heavy atom. The molecule has 0 N–H and O–H groups in total. The van der Waals surface area contributed by atoms with Crippen molar-refractivity contribution in [3.63, 3.8) is 0 Å². The first kappa shape index (κ1) is 27.4. The molecular formula is C34H6N10. The van der Waals surface area contributed by atoms with E-state index < -0.39 is 16.8 Å². The first-order valence-electron chi connectivity index (χ1n) is 12.1. The highest BCUT2D eigenvalue weighted by Gasteiger charge is 2.39. The smallest absolute Gasteiger partial charge is 0.238 e. The summed E-state index contributed by atoms with van der Waals surface area (Å²) in [5.41, 5.74) is 0.0191. The van der Waals surface area contributed by atoms with Crippen LogP contribution in [0.1, 0.15) is 50.1 Å². The third-order valence-electron chi connectivity index (χ3n) is 7.21. The zero-order valence-corrected chi connectivity index (χ0v) is 21.9. The van der Waals surface area contributed by atoms with Crippen molar-refractivity contribution < 1.29 is 0 Å². The second kappa shape index (κ2) is 10.4. The number of hydrogen-bond donors (Lipinski definition) is 0. The van der Waals surface area contributed by atoms with Gasteiger partial charge in [0.05, 0.1) is 66.8 Å². The predicted octanol–water partition coefficient (Wildman–Crippen LogP) is 6.86. The third-order valence-corrected chi connectivity index (χ3v) is 7.21. The van der Waals surface area contributed by atoms with Crippen molar-refractivity contribution in [2.24, 2.45) is 0 Å². The van der Waals surface area contributed by atoms with Gasteiger partial charge in [-0.05, 0) is 56.7 Å². The minimum absolute atomic E-state index is 0.0100. The summed E-state index contributed by atoms with van der Waals surface area (Å²) in [5.74, 6) is 0. The molecule has 0 heterocycles. The van der Waals surface area contributed by atoms with Gasteiger partial charge in [-0.25, -0.2) is 29.9 Å². The van der Waals surface area contributed by atoms with Crippen LogP contribution in [0.15, 0.2) is 47.8 Å². The summed E-state index contributed by atoms with van der Waals surface area (Å²) in [5, 5.41) is 59.7. The molecule has 192 valence electrons. The lowest BCUT2D eigenvalue weighted by molar-refractivity contribution is 1.34. The Kier molecular flexibility index (Phi) is 6.46. The fourth-order valence-corrected chi connectivity index (χ4v) is 5.54. The van der Waals surface area contributed by atoms with Crippen molar-refractivity contribution in [1.82, 2.24) is 0 Å². The lowest BCUT2D eigenvalue weighted by atomic mass is 9.86. The van der Waals surface area contributed by atoms with Gasteiger partial charge >= 0.3 is 0 Å². The van der Waals surface area contributed by atoms with Crippen molar-refractivity contribution in [3.8, 4) is 47.5 Å². The quantitative estimate of drug-likeness (QED) is 0.184. The van der Waals surface area contributed by atoms with Crippen molar-refractivity contribution in [2.75, 3.05) is 0 Å². The van der Waals surface area contributed by atoms with Crippen LogP contribution < -0.4 is 0 Å². The normalized spacial score (nSPS) is 13.7. The van der Waals surface area contributed by atoms with E-state index in [0.717, 1.165) is 0 Å². The fourth-order valence-electron chi connectivity index (χ4n) is 5.54. The SMILES string of the molecule is [C-]#[N+]C1=C(c2ccc3c(c2)/C(=C(\C#N)[N+]#[C-])c2cc([N+]#[C-])ccc2-3)/C(=C(/C#N)[N+]#[C-])c2c(C#N)c(C#N)c(C#N)c(C#N)c21. The first-order valence-corrected chi connectivity index (χ1v) is 12.1. The number of benzene rings is 3. The maximum atomic E-state index is 10.1. The molecule has 0 amide bonds. The highest BCUT2D eigenvalue weighted by molar-refractivity contribution is 6.26. The summed E-state index contributed by atoms with van der Waals surface area (Å²) in [6.45, 7) is 30.8. The topological polar surface area (TPSA) is 160 Å². The lowest BCUT2D eigenvalue weighted by Crippen LogP contribution is -2.04. The van der Waals surface area contributed by atoms with Crippen LogP contribution in [0, 0.1) is 94.3 Å². The van der Waals surface area contributed by atoms with Gasteiger partial charge in [0.1, 0.15) is 18.2 Å². The number of fused-ring (bicyclic) bond motifs is 4. The van der Waals surface area contributed by atoms with Crippen LogP contribution in [0.2, 0.25) is 0 Å². The van der Waals surface area contributed by atoms with Crippen LogP contribution in [-0.2, 0) is 0 Å². The van der Waals surface area contributed by atoms with Crippen molar-refractivity contribution in [1.29, 1.82) is 31.6 Å². The van der Waals surface area contributed by atoms with Crippen LogP contribution in [0.3, 0.4) is 0 Å². The molecule has 0 saturated heterocycles. The minimum atomic E-state index is -0.519. The Balaban J connectivity index is 1.98. The highest BCUT2D eigenvalue weighted by Crippen LogP contribution is 2.54. The van der Waals surface area contributed by atoms with E-state index in [1.165, 1.54) is 0 Å². The van der Waals surface area contributed by atoms with E-state index in [1.54, 1.807) is 54.6 Å². The summed E-state index contributed by atoms with van der Waals surface area (Å²) < 4.78 is 0. The summed E-state index contributed by atoms with van der Waals surface area (Å²) >= 11 is 0. The Hall–Kier alpha value is -8.22. The summed E-state index contributed by atoms with van der Waals surface area (Å²) in [6, 6.07) is 20.7. The van der Waals surface area contributed by atoms with Gasteiger partial charge in [0.2, 0.25) is 5.70 Å². The number of nitriles is 6. The number of allylic oxidation sites excluding steroid dienone is 4. The Labute approximate surface area is 250 Å². The number of hydrogen-bond acceptors (Lipinski definition) is 6. The van der Waals surface area contributed by atoms with Gasteiger partial charge in [0, 0.05) is 11.1 Å². The average molecular weight is 554 g/mol. The Morgan fingerprint density at radius 1 is 0.545 bits per heavy atom. The fraction of sp³-hybridized carbons (Fsp3) is 0. The van der Waals surface area contributed by atoms with Crippen molar-refractivity contribution >= 4 is 28.1 Å². The van der Waals surface area contributed by atoms with Crippen LogP contribution in [0.5, 0.6) is 0 Å². The van der Waals surface area contributed by atoms with E-state index in [4.69, 9.17) is 26.3 Å². The highest BCUT2D eigenvalue weighted by atomic mass is 14.7. The predicted molar refractivity (Wildman–Crippen MR) is 154 cm³/mol. The van der Waals surface area contributed by atoms with E-state index in [-0.39, 0.29) is 61.6 Å². The molecule has 3 aromatic carbocycles. The Morgan fingerprint density at radius 3 is 1.57 bits per heavy atom. The number of rotatable bonds is 1. The molecular weight excluding hydrogens is 548 g/mol. The zero-order valence-electron chi connectivity index (χ0n) is 21.9. The van der Waals surface area contributed by atoms with E-state index >= 15 is 0 Å². The maximum Gasteiger partial charge on any atom is 0.270 e. The molecule has 0 atom stereocenters. The molecule has 0 bridgehead atoms. The third kappa shape index (κ3) is 3.50. The molecule has 0 fully saturated rings. The molecule has 5 rings (SSSR count). The molecule has 0 aromatic heterocycles. The molecule has 44 heavy (non-hydrogen) atoms. The molecule has 10 nitrogen and oxygen atoms in total. The van der Waals surface area contributed by atoms with Gasteiger partial charge in [-0.1, -0.05) is 24.3 Å². The van der Waals surface area contributed by atoms with E-state index in [2.05, 4.69) is 19.4 Å². The second-order valence-corrected chi connectivity index (χ2v) is 9.03. The van der Waals surface area contributed by atoms with E-state index in [1.807, 2.05) is 18.2 Å². The molecule has 0 radical (unpaired) electrons. The molecule has 0 aliphatic heterocycles. The maximum absolute atomic E-state index is 10.1. The zero-order chi connectivity index (χ0) is 31.7. The molecule has 3 aromatic rings. The summed E-state index contributed by atoms with van der Waals surface area (Å²) in [7, 11) is 0. The first-order chi connectivity index (χ1) is 21.4. The van der Waals surface area contributed by atoms with Gasteiger partial charge < -0.3 is 0 Å². The largest absolute Gasteiger partial charge is 0.270 e. The minimum Gasteiger partial charge on any atom is -0.238 e. The van der Waals surface area contributed by atoms with Gasteiger partial charge in [0.15, 0.2) is 5.69 Å². The van der Waals surface area contributed by atoms with Gasteiger partial charge in [-0.15, -0.1) is 0 Å². The van der Waals surface area contributed by atoms with Crippen molar-refractivity contribution in [2.45, 2.75) is 0 Å². The second-order valence-electron chi connectivity index (χ2n) is 9.03. The van der Waals surface area contributed by atoms with Gasteiger partial charge in [0.25, 0.3) is 11.4 Å². The molecule has 2 aliphatic carbocycles. The van der Waals surface area contributed by atoms with Crippen molar-refractivity contribution in [3.05, 3.63) is 144 Å².